The van der Waals surface area contributed by atoms with Gasteiger partial charge in [-0.15, -0.1) is 0 Å². The normalized spacial score (nSPS) is 43.5. The molecule has 0 aromatic carbocycles. The fourth-order valence-electron chi connectivity index (χ4n) is 5.36. The molecule has 3 rings (SSSR count). The van der Waals surface area contributed by atoms with Crippen LogP contribution in [0.15, 0.2) is 0 Å². The van der Waals surface area contributed by atoms with E-state index in [1.54, 1.807) is 7.11 Å². The third-order valence-corrected chi connectivity index (χ3v) is 6.93. The molecule has 0 aromatic heterocycles. The Kier molecular flexibility index (Phi) is 4.12. The largest absolute Gasteiger partial charge is 0.377 e. The number of ether oxygens (including phenoxy) is 1. The smallest absolute Gasteiger partial charge is 0.265 e. The van der Waals surface area contributed by atoms with Crippen molar-refractivity contribution in [3.05, 3.63) is 0 Å². The Bertz CT molecular complexity index is 686. The second-order valence-electron chi connectivity index (χ2n) is 7.02. The lowest BCUT2D eigenvalue weighted by Crippen LogP contribution is -2.79. The predicted molar refractivity (Wildman–Crippen MR) is 82.8 cm³/mol. The van der Waals surface area contributed by atoms with Gasteiger partial charge in [0.25, 0.3) is 20.2 Å². The zero-order chi connectivity index (χ0) is 17.1. The van der Waals surface area contributed by atoms with Crippen LogP contribution < -0.4 is 0 Å². The summed E-state index contributed by atoms with van der Waals surface area (Å²) in [7, 11) is -5.82. The minimum atomic E-state index is -3.76. The summed E-state index contributed by atoms with van der Waals surface area (Å²) in [5.41, 5.74) is -1.54. The SMILES string of the molecule is CO[C@]12CCC[C@H]1[C@@]1(OS(C)(=O)=O)[C@H](OS(C)(=O)=O)CCC[C@@H]21. The molecule has 0 N–H and O–H groups in total. The van der Waals surface area contributed by atoms with Crippen molar-refractivity contribution in [2.45, 2.75) is 55.8 Å². The van der Waals surface area contributed by atoms with E-state index in [0.717, 1.165) is 44.6 Å². The number of hydrogen-bond donors (Lipinski definition) is 0. The van der Waals surface area contributed by atoms with Crippen molar-refractivity contribution >= 4 is 20.2 Å². The third-order valence-electron chi connectivity index (χ3n) is 5.76. The van der Waals surface area contributed by atoms with Gasteiger partial charge < -0.3 is 4.74 Å². The maximum absolute atomic E-state index is 11.9. The van der Waals surface area contributed by atoms with Crippen LogP contribution in [-0.4, -0.2) is 53.8 Å². The van der Waals surface area contributed by atoms with Crippen LogP contribution in [-0.2, 0) is 33.3 Å². The van der Waals surface area contributed by atoms with E-state index in [0.29, 0.717) is 6.42 Å². The monoisotopic (exact) mass is 368 g/mol. The molecule has 0 saturated heterocycles. The molecule has 5 atom stereocenters. The molecule has 0 heterocycles. The number of methoxy groups -OCH3 is 1. The molecule has 0 unspecified atom stereocenters. The molecule has 134 valence electrons. The van der Waals surface area contributed by atoms with Crippen LogP contribution in [0.4, 0.5) is 0 Å². The second kappa shape index (κ2) is 5.39. The Labute approximate surface area is 137 Å². The van der Waals surface area contributed by atoms with Gasteiger partial charge in [0, 0.05) is 18.9 Å². The highest BCUT2D eigenvalue weighted by atomic mass is 32.2. The van der Waals surface area contributed by atoms with Crippen molar-refractivity contribution in [2.24, 2.45) is 11.8 Å². The van der Waals surface area contributed by atoms with Crippen molar-refractivity contribution in [2.75, 3.05) is 19.6 Å². The van der Waals surface area contributed by atoms with E-state index in [4.69, 9.17) is 13.1 Å². The van der Waals surface area contributed by atoms with Crippen LogP contribution in [0.1, 0.15) is 38.5 Å². The summed E-state index contributed by atoms with van der Waals surface area (Å²) in [5, 5.41) is 0. The van der Waals surface area contributed by atoms with Crippen LogP contribution in [0.3, 0.4) is 0 Å². The highest BCUT2D eigenvalue weighted by molar-refractivity contribution is 7.86. The Balaban J connectivity index is 2.06. The molecular weight excluding hydrogens is 344 g/mol. The van der Waals surface area contributed by atoms with E-state index < -0.39 is 37.5 Å². The van der Waals surface area contributed by atoms with Crippen molar-refractivity contribution in [3.8, 4) is 0 Å². The van der Waals surface area contributed by atoms with E-state index in [1.807, 2.05) is 0 Å². The lowest BCUT2D eigenvalue weighted by molar-refractivity contribution is -0.312. The molecular formula is C14H24O7S2. The summed E-state index contributed by atoms with van der Waals surface area (Å²) < 4.78 is 63.8. The standard InChI is InChI=1S/C14H24O7S2/c1-19-13-9-5-7-11(13)14(21-23(3,17)18)10(13)6-4-8-12(14)20-22(2,15)16/h10-12H,4-9H2,1-3H3/t10-,11+,12+,13-,14+/m0/s1. The maximum Gasteiger partial charge on any atom is 0.265 e. The van der Waals surface area contributed by atoms with Crippen molar-refractivity contribution in [1.29, 1.82) is 0 Å². The topological polar surface area (TPSA) is 96.0 Å². The molecule has 9 heteroatoms. The molecule has 0 spiro atoms. The highest BCUT2D eigenvalue weighted by Crippen LogP contribution is 2.69. The summed E-state index contributed by atoms with van der Waals surface area (Å²) in [5.74, 6) is -0.325. The Hall–Kier alpha value is -0.220. The molecule has 0 radical (unpaired) electrons. The van der Waals surface area contributed by atoms with Gasteiger partial charge in [-0.05, 0) is 25.7 Å². The van der Waals surface area contributed by atoms with Gasteiger partial charge in [-0.1, -0.05) is 12.8 Å². The van der Waals surface area contributed by atoms with E-state index in [1.165, 1.54) is 0 Å². The van der Waals surface area contributed by atoms with Crippen LogP contribution >= 0.6 is 0 Å². The molecule has 0 bridgehead atoms. The summed E-state index contributed by atoms with van der Waals surface area (Å²) >= 11 is 0. The minimum absolute atomic E-state index is 0.160. The quantitative estimate of drug-likeness (QED) is 0.669. The maximum atomic E-state index is 11.9. The van der Waals surface area contributed by atoms with Gasteiger partial charge in [0.05, 0.1) is 18.1 Å². The van der Waals surface area contributed by atoms with Crippen molar-refractivity contribution in [1.82, 2.24) is 0 Å². The summed E-state index contributed by atoms with van der Waals surface area (Å²) in [6, 6.07) is 0. The van der Waals surface area contributed by atoms with Crippen LogP contribution in [0.2, 0.25) is 0 Å². The Morgan fingerprint density at radius 2 is 1.52 bits per heavy atom. The minimum Gasteiger partial charge on any atom is -0.377 e. The molecule has 0 amide bonds. The molecule has 3 saturated carbocycles. The number of hydrogen-bond acceptors (Lipinski definition) is 7. The fraction of sp³-hybridized carbons (Fsp3) is 1.00. The molecule has 3 fully saturated rings. The van der Waals surface area contributed by atoms with Gasteiger partial charge in [0.2, 0.25) is 0 Å². The van der Waals surface area contributed by atoms with Gasteiger partial charge in [-0.2, -0.15) is 16.8 Å². The summed E-state index contributed by atoms with van der Waals surface area (Å²) in [6.07, 6.45) is 5.71. The van der Waals surface area contributed by atoms with Gasteiger partial charge in [-0.25, -0.2) is 0 Å². The van der Waals surface area contributed by atoms with Crippen LogP contribution in [0, 0.1) is 11.8 Å². The van der Waals surface area contributed by atoms with E-state index in [-0.39, 0.29) is 11.8 Å². The van der Waals surface area contributed by atoms with Gasteiger partial charge >= 0.3 is 0 Å². The van der Waals surface area contributed by atoms with Crippen LogP contribution in [0.25, 0.3) is 0 Å². The van der Waals surface area contributed by atoms with Gasteiger partial charge in [-0.3, -0.25) is 8.37 Å². The zero-order valence-corrected chi connectivity index (χ0v) is 15.3. The molecule has 3 aliphatic rings. The number of fused-ring (bicyclic) bond motifs is 4. The second-order valence-corrected chi connectivity index (χ2v) is 10.2. The average Bonchev–Trinajstić information content (AvgIpc) is 2.77. The van der Waals surface area contributed by atoms with Gasteiger partial charge in [0.15, 0.2) is 0 Å². The predicted octanol–water partition coefficient (Wildman–Crippen LogP) is 1.05. The molecule has 7 nitrogen and oxygen atoms in total. The van der Waals surface area contributed by atoms with E-state index >= 15 is 0 Å². The highest BCUT2D eigenvalue weighted by Gasteiger charge is 2.78. The van der Waals surface area contributed by atoms with Crippen molar-refractivity contribution in [3.63, 3.8) is 0 Å². The summed E-state index contributed by atoms with van der Waals surface area (Å²) in [4.78, 5) is 0. The summed E-state index contributed by atoms with van der Waals surface area (Å²) in [6.45, 7) is 0. The molecule has 0 aliphatic heterocycles. The third kappa shape index (κ3) is 2.64. The first kappa shape index (κ1) is 17.6. The zero-order valence-electron chi connectivity index (χ0n) is 13.6. The lowest BCUT2D eigenvalue weighted by atomic mass is 9.46. The lowest BCUT2D eigenvalue weighted by Gasteiger charge is -2.67. The van der Waals surface area contributed by atoms with E-state index in [2.05, 4.69) is 0 Å². The average molecular weight is 368 g/mol. The first-order valence-corrected chi connectivity index (χ1v) is 11.5. The Morgan fingerprint density at radius 3 is 2.04 bits per heavy atom. The first-order chi connectivity index (χ1) is 10.6. The van der Waals surface area contributed by atoms with Crippen LogP contribution in [0.5, 0.6) is 0 Å². The molecule has 0 aromatic rings. The molecule has 3 aliphatic carbocycles. The fourth-order valence-corrected chi connectivity index (χ4v) is 6.89. The van der Waals surface area contributed by atoms with Gasteiger partial charge in [0.1, 0.15) is 11.7 Å². The van der Waals surface area contributed by atoms with E-state index in [9.17, 15) is 16.8 Å². The first-order valence-electron chi connectivity index (χ1n) is 7.89. The number of rotatable bonds is 5. The van der Waals surface area contributed by atoms with Crippen molar-refractivity contribution < 1.29 is 29.9 Å². The molecule has 23 heavy (non-hydrogen) atoms. The Morgan fingerprint density at radius 1 is 0.913 bits per heavy atom.